The number of fused-ring (bicyclic) bond motifs is 2. The summed E-state index contributed by atoms with van der Waals surface area (Å²) < 4.78 is 5.99. The van der Waals surface area contributed by atoms with E-state index in [0.717, 1.165) is 16.7 Å². The van der Waals surface area contributed by atoms with Crippen molar-refractivity contribution >= 4 is 29.0 Å². The number of nitrogens with zero attached hydrogens (tertiary/aromatic N) is 1. The lowest BCUT2D eigenvalue weighted by Gasteiger charge is -2.17. The third-order valence-electron chi connectivity index (χ3n) is 5.23. The van der Waals surface area contributed by atoms with Gasteiger partial charge in [-0.25, -0.2) is 4.79 Å². The molecule has 0 bridgehead atoms. The summed E-state index contributed by atoms with van der Waals surface area (Å²) in [5.74, 6) is 0.866. The second-order valence-electron chi connectivity index (χ2n) is 7.53. The number of amides is 3. The van der Waals surface area contributed by atoms with E-state index in [1.807, 2.05) is 57.2 Å². The van der Waals surface area contributed by atoms with E-state index in [2.05, 4.69) is 10.6 Å². The van der Waals surface area contributed by atoms with Gasteiger partial charge in [0.25, 0.3) is 5.91 Å². The first-order valence-corrected chi connectivity index (χ1v) is 9.68. The molecule has 1 heterocycles. The first-order valence-electron chi connectivity index (χ1n) is 9.68. The van der Waals surface area contributed by atoms with Crippen LogP contribution in [0.3, 0.4) is 0 Å². The number of anilines is 3. The van der Waals surface area contributed by atoms with Gasteiger partial charge < -0.3 is 20.3 Å². The number of urea groups is 1. The maximum absolute atomic E-state index is 13.0. The van der Waals surface area contributed by atoms with Crippen molar-refractivity contribution in [2.24, 2.45) is 0 Å². The second kappa shape index (κ2) is 7.55. The van der Waals surface area contributed by atoms with Gasteiger partial charge in [-0.05, 0) is 79.9 Å². The zero-order valence-corrected chi connectivity index (χ0v) is 17.4. The molecule has 0 unspecified atom stereocenters. The fourth-order valence-electron chi connectivity index (χ4n) is 3.36. The molecule has 0 aliphatic carbocycles. The van der Waals surface area contributed by atoms with Crippen molar-refractivity contribution in [1.82, 2.24) is 0 Å². The summed E-state index contributed by atoms with van der Waals surface area (Å²) in [6.07, 6.45) is 0. The van der Waals surface area contributed by atoms with Gasteiger partial charge in [-0.2, -0.15) is 0 Å². The summed E-state index contributed by atoms with van der Waals surface area (Å²) in [4.78, 5) is 27.0. The van der Waals surface area contributed by atoms with Crippen LogP contribution >= 0.6 is 0 Å². The maximum atomic E-state index is 13.0. The lowest BCUT2D eigenvalue weighted by Crippen LogP contribution is -2.25. The van der Waals surface area contributed by atoms with Crippen molar-refractivity contribution in [2.75, 3.05) is 22.6 Å². The molecule has 0 saturated heterocycles. The van der Waals surface area contributed by atoms with Gasteiger partial charge in [0.15, 0.2) is 5.75 Å². The number of hydrogen-bond acceptors (Lipinski definition) is 3. The summed E-state index contributed by atoms with van der Waals surface area (Å²) in [6.45, 7) is 5.98. The van der Waals surface area contributed by atoms with Crippen molar-refractivity contribution in [2.45, 2.75) is 20.8 Å². The molecule has 3 aromatic carbocycles. The van der Waals surface area contributed by atoms with Crippen LogP contribution in [-0.4, -0.2) is 19.0 Å². The smallest absolute Gasteiger partial charge is 0.323 e. The number of hydrogen-bond donors (Lipinski definition) is 2. The summed E-state index contributed by atoms with van der Waals surface area (Å²) in [6, 6.07) is 16.1. The maximum Gasteiger partial charge on any atom is 0.323 e. The van der Waals surface area contributed by atoms with Crippen LogP contribution in [0.2, 0.25) is 0 Å². The van der Waals surface area contributed by atoms with Gasteiger partial charge in [0.2, 0.25) is 0 Å². The van der Waals surface area contributed by atoms with Gasteiger partial charge in [0.1, 0.15) is 5.75 Å². The van der Waals surface area contributed by atoms with Gasteiger partial charge in [-0.15, -0.1) is 0 Å². The quantitative estimate of drug-likeness (QED) is 0.584. The summed E-state index contributed by atoms with van der Waals surface area (Å²) >= 11 is 0. The average Bonchev–Trinajstić information content (AvgIpc) is 2.81. The fourth-order valence-corrected chi connectivity index (χ4v) is 3.36. The Hall–Kier alpha value is -3.80. The molecule has 152 valence electrons. The van der Waals surface area contributed by atoms with E-state index >= 15 is 0 Å². The molecule has 0 atom stereocenters. The highest BCUT2D eigenvalue weighted by molar-refractivity contribution is 6.10. The van der Waals surface area contributed by atoms with Gasteiger partial charge in [0.05, 0.1) is 11.3 Å². The van der Waals surface area contributed by atoms with Gasteiger partial charge in [-0.3, -0.25) is 4.79 Å². The molecule has 0 aromatic heterocycles. The SMILES string of the molecule is Cc1ccc2c(c1)N(C)C(=O)c1cc(NC(=O)Nc3ccc(C)c(C)c3)ccc1O2. The molecule has 1 aliphatic rings. The number of aryl methyl sites for hydroxylation is 3. The molecule has 6 heteroatoms. The second-order valence-corrected chi connectivity index (χ2v) is 7.53. The highest BCUT2D eigenvalue weighted by Crippen LogP contribution is 2.39. The summed E-state index contributed by atoms with van der Waals surface area (Å²) in [5, 5.41) is 5.60. The van der Waals surface area contributed by atoms with Crippen molar-refractivity contribution in [3.63, 3.8) is 0 Å². The number of benzene rings is 3. The third kappa shape index (κ3) is 3.72. The largest absolute Gasteiger partial charge is 0.454 e. The molecule has 1 aliphatic heterocycles. The minimum Gasteiger partial charge on any atom is -0.454 e. The van der Waals surface area contributed by atoms with E-state index in [0.29, 0.717) is 34.1 Å². The van der Waals surface area contributed by atoms with Crippen molar-refractivity contribution in [1.29, 1.82) is 0 Å². The molecule has 6 nitrogen and oxygen atoms in total. The van der Waals surface area contributed by atoms with Crippen LogP contribution in [0.1, 0.15) is 27.0 Å². The Balaban J connectivity index is 1.57. The Morgan fingerprint density at radius 3 is 2.23 bits per heavy atom. The third-order valence-corrected chi connectivity index (χ3v) is 5.23. The first-order chi connectivity index (χ1) is 14.3. The Morgan fingerprint density at radius 2 is 1.50 bits per heavy atom. The van der Waals surface area contributed by atoms with Crippen LogP contribution in [-0.2, 0) is 0 Å². The Labute approximate surface area is 175 Å². The number of ether oxygens (including phenoxy) is 1. The Bertz CT molecular complexity index is 1170. The highest BCUT2D eigenvalue weighted by atomic mass is 16.5. The molecule has 2 N–H and O–H groups in total. The van der Waals surface area contributed by atoms with E-state index in [1.165, 1.54) is 0 Å². The van der Waals surface area contributed by atoms with Crippen molar-refractivity contribution < 1.29 is 14.3 Å². The van der Waals surface area contributed by atoms with E-state index in [4.69, 9.17) is 4.74 Å². The van der Waals surface area contributed by atoms with Crippen LogP contribution in [0, 0.1) is 20.8 Å². The molecule has 4 rings (SSSR count). The Morgan fingerprint density at radius 1 is 0.833 bits per heavy atom. The van der Waals surface area contributed by atoms with Gasteiger partial charge in [0, 0.05) is 18.4 Å². The van der Waals surface area contributed by atoms with Crippen LogP contribution < -0.4 is 20.3 Å². The van der Waals surface area contributed by atoms with Crippen LogP contribution in [0.4, 0.5) is 21.9 Å². The molecule has 3 aromatic rings. The number of carbonyl (C=O) groups is 2. The molecular formula is C24H23N3O3. The van der Waals surface area contributed by atoms with E-state index < -0.39 is 0 Å². The fraction of sp³-hybridized carbons (Fsp3) is 0.167. The molecule has 0 fully saturated rings. The lowest BCUT2D eigenvalue weighted by molar-refractivity contribution is 0.0993. The number of rotatable bonds is 2. The first kappa shape index (κ1) is 19.5. The van der Waals surface area contributed by atoms with Crippen molar-refractivity contribution in [3.05, 3.63) is 76.9 Å². The molecular weight excluding hydrogens is 378 g/mol. The standard InChI is InChI=1S/C24H23N3O3/c1-14-5-9-22-20(11-14)27(4)23(28)19-13-18(8-10-21(19)30-22)26-24(29)25-17-7-6-15(2)16(3)12-17/h5-13H,1-4H3,(H2,25,26,29). The summed E-state index contributed by atoms with van der Waals surface area (Å²) in [5.41, 5.74) is 5.59. The topological polar surface area (TPSA) is 70.7 Å². The van der Waals surface area contributed by atoms with Crippen molar-refractivity contribution in [3.8, 4) is 11.5 Å². The predicted octanol–water partition coefficient (Wildman–Crippen LogP) is 5.64. The lowest BCUT2D eigenvalue weighted by atomic mass is 10.1. The highest BCUT2D eigenvalue weighted by Gasteiger charge is 2.26. The number of nitrogens with one attached hydrogen (secondary N) is 2. The van der Waals surface area contributed by atoms with E-state index in [1.54, 1.807) is 30.1 Å². The summed E-state index contributed by atoms with van der Waals surface area (Å²) in [7, 11) is 1.71. The average molecular weight is 401 g/mol. The molecule has 0 radical (unpaired) electrons. The normalized spacial score (nSPS) is 12.4. The predicted molar refractivity (Wildman–Crippen MR) is 119 cm³/mol. The minimum atomic E-state index is -0.382. The van der Waals surface area contributed by atoms with Crippen LogP contribution in [0.25, 0.3) is 0 Å². The van der Waals surface area contributed by atoms with E-state index in [9.17, 15) is 9.59 Å². The van der Waals surface area contributed by atoms with E-state index in [-0.39, 0.29) is 11.9 Å². The molecule has 0 spiro atoms. The van der Waals surface area contributed by atoms with Crippen LogP contribution in [0.15, 0.2) is 54.6 Å². The van der Waals surface area contributed by atoms with Gasteiger partial charge in [-0.1, -0.05) is 12.1 Å². The zero-order chi connectivity index (χ0) is 21.4. The minimum absolute atomic E-state index is 0.201. The number of carbonyl (C=O) groups excluding carboxylic acids is 2. The van der Waals surface area contributed by atoms with Crippen LogP contribution in [0.5, 0.6) is 11.5 Å². The molecule has 3 amide bonds. The Kier molecular flexibility index (Phi) is 4.91. The zero-order valence-electron chi connectivity index (χ0n) is 17.4. The van der Waals surface area contributed by atoms with Gasteiger partial charge >= 0.3 is 6.03 Å². The monoisotopic (exact) mass is 401 g/mol. The molecule has 0 saturated carbocycles. The molecule has 30 heavy (non-hydrogen) atoms.